The predicted molar refractivity (Wildman–Crippen MR) is 86.0 cm³/mol. The minimum atomic E-state index is -0.128. The fourth-order valence-electron chi connectivity index (χ4n) is 2.14. The first-order chi connectivity index (χ1) is 10.2. The Morgan fingerprint density at radius 1 is 1.29 bits per heavy atom. The first-order valence-corrected chi connectivity index (χ1v) is 6.80. The van der Waals surface area contributed by atoms with Gasteiger partial charge < -0.3 is 10.1 Å². The lowest BCUT2D eigenvalue weighted by molar-refractivity contribution is 0.102. The molecule has 0 aliphatic rings. The number of nitrogens with one attached hydrogen (secondary N) is 1. The highest BCUT2D eigenvalue weighted by Crippen LogP contribution is 2.22. The predicted octanol–water partition coefficient (Wildman–Crippen LogP) is 3.98. The highest BCUT2D eigenvalue weighted by molar-refractivity contribution is 6.04. The molecule has 0 heterocycles. The molecule has 0 bridgehead atoms. The zero-order valence-corrected chi connectivity index (χ0v) is 12.3. The molecule has 2 rings (SSSR count). The van der Waals surface area contributed by atoms with Crippen LogP contribution in [0.5, 0.6) is 5.75 Å². The van der Waals surface area contributed by atoms with E-state index in [1.165, 1.54) is 0 Å². The van der Waals surface area contributed by atoms with Crippen LogP contribution in [0.15, 0.2) is 55.1 Å². The maximum absolute atomic E-state index is 12.3. The monoisotopic (exact) mass is 281 g/mol. The van der Waals surface area contributed by atoms with Crippen LogP contribution in [0.25, 0.3) is 0 Å². The Morgan fingerprint density at radius 3 is 2.71 bits per heavy atom. The smallest absolute Gasteiger partial charge is 0.255 e. The van der Waals surface area contributed by atoms with Gasteiger partial charge >= 0.3 is 0 Å². The molecule has 21 heavy (non-hydrogen) atoms. The highest BCUT2D eigenvalue weighted by atomic mass is 16.5. The van der Waals surface area contributed by atoms with Gasteiger partial charge in [0.15, 0.2) is 0 Å². The fourth-order valence-corrected chi connectivity index (χ4v) is 2.14. The molecule has 0 aliphatic heterocycles. The maximum Gasteiger partial charge on any atom is 0.255 e. The number of aryl methyl sites for hydroxylation is 1. The van der Waals surface area contributed by atoms with E-state index in [-0.39, 0.29) is 5.91 Å². The minimum Gasteiger partial charge on any atom is -0.496 e. The van der Waals surface area contributed by atoms with Crippen molar-refractivity contribution in [2.75, 3.05) is 12.4 Å². The van der Waals surface area contributed by atoms with Crippen LogP contribution in [-0.4, -0.2) is 13.0 Å². The van der Waals surface area contributed by atoms with Crippen molar-refractivity contribution in [1.82, 2.24) is 0 Å². The van der Waals surface area contributed by atoms with Crippen molar-refractivity contribution in [3.05, 3.63) is 71.8 Å². The van der Waals surface area contributed by atoms with E-state index >= 15 is 0 Å². The van der Waals surface area contributed by atoms with Gasteiger partial charge in [-0.15, -0.1) is 6.58 Å². The number of rotatable bonds is 5. The first kappa shape index (κ1) is 14.9. The Balaban J connectivity index is 2.25. The Morgan fingerprint density at radius 2 is 2.05 bits per heavy atom. The van der Waals surface area contributed by atoms with E-state index in [9.17, 15) is 4.79 Å². The molecule has 3 nitrogen and oxygen atoms in total. The van der Waals surface area contributed by atoms with Crippen LogP contribution in [0.4, 0.5) is 5.69 Å². The van der Waals surface area contributed by atoms with Crippen LogP contribution in [0.1, 0.15) is 21.5 Å². The van der Waals surface area contributed by atoms with Crippen molar-refractivity contribution >= 4 is 11.6 Å². The second-order valence-corrected chi connectivity index (χ2v) is 4.79. The molecule has 0 fully saturated rings. The summed E-state index contributed by atoms with van der Waals surface area (Å²) in [5.74, 6) is 0.639. The van der Waals surface area contributed by atoms with E-state index in [0.29, 0.717) is 12.0 Å². The fraction of sp³-hybridized carbons (Fsp3) is 0.167. The molecular formula is C18H19NO2. The molecule has 0 radical (unpaired) electrons. The zero-order chi connectivity index (χ0) is 15.2. The molecule has 0 atom stereocenters. The lowest BCUT2D eigenvalue weighted by atomic mass is 10.1. The zero-order valence-electron chi connectivity index (χ0n) is 12.3. The summed E-state index contributed by atoms with van der Waals surface area (Å²) in [6, 6.07) is 13.1. The van der Waals surface area contributed by atoms with Crippen LogP contribution in [0.3, 0.4) is 0 Å². The normalized spacial score (nSPS) is 10.0. The van der Waals surface area contributed by atoms with Gasteiger partial charge in [-0.2, -0.15) is 0 Å². The van der Waals surface area contributed by atoms with Gasteiger partial charge in [-0.05, 0) is 48.7 Å². The van der Waals surface area contributed by atoms with Crippen molar-refractivity contribution in [2.24, 2.45) is 0 Å². The summed E-state index contributed by atoms with van der Waals surface area (Å²) < 4.78 is 5.29. The van der Waals surface area contributed by atoms with Crippen molar-refractivity contribution in [2.45, 2.75) is 13.3 Å². The summed E-state index contributed by atoms with van der Waals surface area (Å²) in [6.07, 6.45) is 2.45. The van der Waals surface area contributed by atoms with E-state index < -0.39 is 0 Å². The summed E-state index contributed by atoms with van der Waals surface area (Å²) >= 11 is 0. The number of anilines is 1. The first-order valence-electron chi connectivity index (χ1n) is 6.80. The molecule has 0 saturated carbocycles. The molecule has 0 aliphatic carbocycles. The minimum absolute atomic E-state index is 0.128. The summed E-state index contributed by atoms with van der Waals surface area (Å²) in [5, 5.41) is 2.93. The van der Waals surface area contributed by atoms with Crippen molar-refractivity contribution in [3.8, 4) is 5.75 Å². The number of carbonyl (C=O) groups excluding carboxylic acids is 1. The van der Waals surface area contributed by atoms with Crippen LogP contribution in [-0.2, 0) is 6.42 Å². The molecular weight excluding hydrogens is 262 g/mol. The number of ether oxygens (including phenoxy) is 1. The van der Waals surface area contributed by atoms with Gasteiger partial charge in [0.25, 0.3) is 5.91 Å². The lowest BCUT2D eigenvalue weighted by Crippen LogP contribution is -2.13. The molecule has 3 heteroatoms. The van der Waals surface area contributed by atoms with Crippen LogP contribution < -0.4 is 10.1 Å². The number of hydrogen-bond acceptors (Lipinski definition) is 2. The number of methoxy groups -OCH3 is 1. The third-order valence-electron chi connectivity index (χ3n) is 3.30. The van der Waals surface area contributed by atoms with Crippen LogP contribution in [0, 0.1) is 6.92 Å². The van der Waals surface area contributed by atoms with Gasteiger partial charge in [-0.25, -0.2) is 0 Å². The lowest BCUT2D eigenvalue weighted by Gasteiger charge is -2.11. The number of amides is 1. The third-order valence-corrected chi connectivity index (χ3v) is 3.30. The SMILES string of the molecule is C=CCc1cc(C(=O)Nc2ccccc2C)ccc1OC. The number of para-hydroxylation sites is 1. The van der Waals surface area contributed by atoms with Gasteiger partial charge in [0, 0.05) is 11.3 Å². The van der Waals surface area contributed by atoms with Crippen LogP contribution >= 0.6 is 0 Å². The number of benzene rings is 2. The topological polar surface area (TPSA) is 38.3 Å². The molecule has 0 saturated heterocycles. The van der Waals surface area contributed by atoms with Crippen molar-refractivity contribution < 1.29 is 9.53 Å². The second-order valence-electron chi connectivity index (χ2n) is 4.79. The molecule has 1 N–H and O–H groups in total. The molecule has 0 spiro atoms. The summed E-state index contributed by atoms with van der Waals surface area (Å²) in [4.78, 5) is 12.3. The molecule has 0 aromatic heterocycles. The highest BCUT2D eigenvalue weighted by Gasteiger charge is 2.10. The van der Waals surface area contributed by atoms with E-state index in [1.54, 1.807) is 19.3 Å². The number of carbonyl (C=O) groups is 1. The molecule has 2 aromatic rings. The van der Waals surface area contributed by atoms with E-state index in [1.807, 2.05) is 43.3 Å². The molecule has 2 aromatic carbocycles. The van der Waals surface area contributed by atoms with Gasteiger partial charge in [-0.1, -0.05) is 24.3 Å². The van der Waals surface area contributed by atoms with E-state index in [4.69, 9.17) is 4.74 Å². The Labute approximate surface area is 125 Å². The van der Waals surface area contributed by atoms with E-state index in [0.717, 1.165) is 22.6 Å². The number of hydrogen-bond donors (Lipinski definition) is 1. The van der Waals surface area contributed by atoms with Crippen molar-refractivity contribution in [3.63, 3.8) is 0 Å². The van der Waals surface area contributed by atoms with Gasteiger partial charge in [0.1, 0.15) is 5.75 Å². The number of allylic oxidation sites excluding steroid dienone is 1. The van der Waals surface area contributed by atoms with Gasteiger partial charge in [0.05, 0.1) is 7.11 Å². The average molecular weight is 281 g/mol. The standard InChI is InChI=1S/C18H19NO2/c1-4-7-14-12-15(10-11-17(14)21-3)18(20)19-16-9-6-5-8-13(16)2/h4-6,8-12H,1,7H2,2-3H3,(H,19,20). The van der Waals surface area contributed by atoms with E-state index in [2.05, 4.69) is 11.9 Å². The summed E-state index contributed by atoms with van der Waals surface area (Å²) in [5.41, 5.74) is 3.41. The quantitative estimate of drug-likeness (QED) is 0.842. The Bertz CT molecular complexity index is 662. The molecule has 108 valence electrons. The summed E-state index contributed by atoms with van der Waals surface area (Å²) in [6.45, 7) is 5.69. The Kier molecular flexibility index (Phi) is 4.77. The molecule has 0 unspecified atom stereocenters. The van der Waals surface area contributed by atoms with Crippen molar-refractivity contribution in [1.29, 1.82) is 0 Å². The maximum atomic E-state index is 12.3. The molecule has 1 amide bonds. The summed E-state index contributed by atoms with van der Waals surface area (Å²) in [7, 11) is 1.62. The Hall–Kier alpha value is -2.55. The second kappa shape index (κ2) is 6.75. The third kappa shape index (κ3) is 3.51. The van der Waals surface area contributed by atoms with Crippen LogP contribution in [0.2, 0.25) is 0 Å². The average Bonchev–Trinajstić information content (AvgIpc) is 2.50. The van der Waals surface area contributed by atoms with Gasteiger partial charge in [-0.3, -0.25) is 4.79 Å². The largest absolute Gasteiger partial charge is 0.496 e. The van der Waals surface area contributed by atoms with Gasteiger partial charge in [0.2, 0.25) is 0 Å².